The van der Waals surface area contributed by atoms with Crippen molar-refractivity contribution in [3.8, 4) is 0 Å². The topological polar surface area (TPSA) is 67.6 Å². The van der Waals surface area contributed by atoms with Gasteiger partial charge < -0.3 is 15.8 Å². The van der Waals surface area contributed by atoms with Gasteiger partial charge in [0.2, 0.25) is 0 Å². The van der Waals surface area contributed by atoms with Crippen LogP contribution in [0.1, 0.15) is 39.3 Å². The van der Waals surface area contributed by atoms with Gasteiger partial charge in [-0.3, -0.25) is 4.90 Å². The Labute approximate surface area is 144 Å². The number of alkyl carbamates (subject to hydrolysis) is 1. The quantitative estimate of drug-likeness (QED) is 0.833. The van der Waals surface area contributed by atoms with Gasteiger partial charge in [-0.15, -0.1) is 0 Å². The first-order valence-electron chi connectivity index (χ1n) is 7.79. The van der Waals surface area contributed by atoms with Gasteiger partial charge in [0.1, 0.15) is 5.60 Å². The minimum Gasteiger partial charge on any atom is -0.444 e. The van der Waals surface area contributed by atoms with Crippen molar-refractivity contribution in [1.82, 2.24) is 10.2 Å². The van der Waals surface area contributed by atoms with Crippen molar-refractivity contribution in [1.29, 1.82) is 0 Å². The van der Waals surface area contributed by atoms with Crippen LogP contribution in [0.2, 0.25) is 5.02 Å². The highest BCUT2D eigenvalue weighted by molar-refractivity contribution is 6.31. The lowest BCUT2D eigenvalue weighted by molar-refractivity contribution is 0.0506. The minimum absolute atomic E-state index is 0.0196. The molecule has 6 heteroatoms. The molecule has 23 heavy (non-hydrogen) atoms. The number of amides is 1. The molecule has 0 aromatic heterocycles. The maximum Gasteiger partial charge on any atom is 0.407 e. The molecule has 2 unspecified atom stereocenters. The number of likely N-dealkylation sites (N-methyl/N-ethyl adjacent to an activating group) is 1. The number of nitrogens with zero attached hydrogens (tertiary/aromatic N) is 1. The van der Waals surface area contributed by atoms with Gasteiger partial charge in [0.05, 0.1) is 0 Å². The van der Waals surface area contributed by atoms with Crippen molar-refractivity contribution >= 4 is 17.7 Å². The Hall–Kier alpha value is -1.30. The zero-order valence-corrected chi connectivity index (χ0v) is 15.4. The monoisotopic (exact) mass is 341 g/mol. The third-order valence-corrected chi connectivity index (χ3v) is 4.04. The van der Waals surface area contributed by atoms with E-state index in [9.17, 15) is 4.79 Å². The largest absolute Gasteiger partial charge is 0.444 e. The number of nitrogens with one attached hydrogen (secondary N) is 1. The molecule has 0 aliphatic rings. The van der Waals surface area contributed by atoms with Crippen molar-refractivity contribution in [3.05, 3.63) is 34.9 Å². The molecule has 1 aromatic rings. The maximum absolute atomic E-state index is 11.8. The molecule has 1 amide bonds. The van der Waals surface area contributed by atoms with E-state index in [0.29, 0.717) is 13.1 Å². The van der Waals surface area contributed by atoms with E-state index >= 15 is 0 Å². The molecule has 1 aromatic carbocycles. The number of nitrogens with two attached hydrogens (primary N) is 1. The molecular weight excluding hydrogens is 314 g/mol. The van der Waals surface area contributed by atoms with E-state index in [0.717, 1.165) is 10.6 Å². The van der Waals surface area contributed by atoms with Crippen LogP contribution in [0.5, 0.6) is 0 Å². The normalized spacial score (nSPS) is 14.4. The van der Waals surface area contributed by atoms with E-state index in [1.807, 2.05) is 52.1 Å². The predicted molar refractivity (Wildman–Crippen MR) is 94.7 cm³/mol. The molecule has 0 aliphatic carbocycles. The molecule has 0 saturated carbocycles. The lowest BCUT2D eigenvalue weighted by atomic mass is 10.1. The van der Waals surface area contributed by atoms with Gasteiger partial charge in [-0.25, -0.2) is 4.79 Å². The number of rotatable bonds is 6. The molecule has 0 fully saturated rings. The molecule has 0 aliphatic heterocycles. The molecule has 5 nitrogen and oxygen atoms in total. The highest BCUT2D eigenvalue weighted by Gasteiger charge is 2.23. The molecule has 130 valence electrons. The number of carbonyl (C=O) groups excluding carboxylic acids is 1. The summed E-state index contributed by atoms with van der Waals surface area (Å²) in [5, 5.41) is 3.50. The number of hydrogen-bond acceptors (Lipinski definition) is 4. The predicted octanol–water partition coefficient (Wildman–Crippen LogP) is 3.18. The maximum atomic E-state index is 11.8. The Balaban J connectivity index is 2.66. The third kappa shape index (κ3) is 6.37. The van der Waals surface area contributed by atoms with Gasteiger partial charge in [-0.05, 0) is 46.4 Å². The first-order chi connectivity index (χ1) is 10.7. The van der Waals surface area contributed by atoms with Crippen LogP contribution in [-0.2, 0) is 4.74 Å². The van der Waals surface area contributed by atoms with E-state index < -0.39 is 11.7 Å². The van der Waals surface area contributed by atoms with Crippen LogP contribution >= 0.6 is 11.6 Å². The van der Waals surface area contributed by atoms with Crippen LogP contribution in [0, 0.1) is 0 Å². The molecule has 0 saturated heterocycles. The summed E-state index contributed by atoms with van der Waals surface area (Å²) in [5.74, 6) is 0. The van der Waals surface area contributed by atoms with Gasteiger partial charge in [0.25, 0.3) is 0 Å². The summed E-state index contributed by atoms with van der Waals surface area (Å²) in [5.41, 5.74) is 6.39. The smallest absolute Gasteiger partial charge is 0.407 e. The number of ether oxygens (including phenoxy) is 1. The molecule has 0 heterocycles. The van der Waals surface area contributed by atoms with E-state index in [1.165, 1.54) is 0 Å². The fourth-order valence-corrected chi connectivity index (χ4v) is 2.55. The van der Waals surface area contributed by atoms with Crippen LogP contribution in [0.4, 0.5) is 4.79 Å². The highest BCUT2D eigenvalue weighted by Crippen LogP contribution is 2.27. The van der Waals surface area contributed by atoms with Crippen molar-refractivity contribution in [2.75, 3.05) is 20.1 Å². The van der Waals surface area contributed by atoms with Crippen LogP contribution in [0.25, 0.3) is 0 Å². The molecule has 0 spiro atoms. The average Bonchev–Trinajstić information content (AvgIpc) is 2.45. The van der Waals surface area contributed by atoms with Gasteiger partial charge in [-0.1, -0.05) is 29.8 Å². The van der Waals surface area contributed by atoms with Crippen molar-refractivity contribution in [2.45, 2.75) is 45.4 Å². The van der Waals surface area contributed by atoms with Crippen LogP contribution in [0.15, 0.2) is 24.3 Å². The Morgan fingerprint density at radius 1 is 1.39 bits per heavy atom. The van der Waals surface area contributed by atoms with Gasteiger partial charge in [-0.2, -0.15) is 0 Å². The summed E-state index contributed by atoms with van der Waals surface area (Å²) < 4.78 is 5.25. The summed E-state index contributed by atoms with van der Waals surface area (Å²) in [6, 6.07) is 7.80. The first-order valence-corrected chi connectivity index (χ1v) is 8.16. The summed E-state index contributed by atoms with van der Waals surface area (Å²) in [7, 11) is 1.97. The fourth-order valence-electron chi connectivity index (χ4n) is 2.26. The van der Waals surface area contributed by atoms with E-state index in [2.05, 4.69) is 17.1 Å². The molecule has 2 atom stereocenters. The zero-order valence-electron chi connectivity index (χ0n) is 14.6. The lowest BCUT2D eigenvalue weighted by Crippen LogP contribution is -2.48. The second-order valence-corrected chi connectivity index (χ2v) is 7.04. The van der Waals surface area contributed by atoms with E-state index in [-0.39, 0.29) is 12.1 Å². The lowest BCUT2D eigenvalue weighted by Gasteiger charge is -2.33. The van der Waals surface area contributed by atoms with E-state index in [4.69, 9.17) is 22.1 Å². The second-order valence-electron chi connectivity index (χ2n) is 6.64. The fraction of sp³-hybridized carbons (Fsp3) is 0.588. The Bertz CT molecular complexity index is 517. The Kier molecular flexibility index (Phi) is 7.32. The Morgan fingerprint density at radius 2 is 2.00 bits per heavy atom. The highest BCUT2D eigenvalue weighted by atomic mass is 35.5. The number of hydrogen-bond donors (Lipinski definition) is 2. The molecular formula is C17H28ClN3O2. The number of carbonyl (C=O) groups is 1. The first kappa shape index (κ1) is 19.7. The molecule has 1 rings (SSSR count). The summed E-state index contributed by atoms with van der Waals surface area (Å²) in [6.45, 7) is 8.39. The number of benzene rings is 1. The van der Waals surface area contributed by atoms with Gasteiger partial charge >= 0.3 is 6.09 Å². The summed E-state index contributed by atoms with van der Waals surface area (Å²) in [6.07, 6.45) is -0.435. The summed E-state index contributed by atoms with van der Waals surface area (Å²) >= 11 is 6.26. The van der Waals surface area contributed by atoms with Gasteiger partial charge in [0.15, 0.2) is 0 Å². The SMILES string of the molecule is CC(c1ccccc1Cl)N(C)C(CN)CNC(=O)OC(C)(C)C. The standard InChI is InChI=1S/C17H28ClN3O2/c1-12(14-8-6-7-9-15(14)18)21(5)13(10-19)11-20-16(22)23-17(2,3)4/h6-9,12-13H,10-11,19H2,1-5H3,(H,20,22). The second kappa shape index (κ2) is 8.52. The van der Waals surface area contributed by atoms with Crippen LogP contribution < -0.4 is 11.1 Å². The third-order valence-electron chi connectivity index (χ3n) is 3.70. The minimum atomic E-state index is -0.515. The van der Waals surface area contributed by atoms with Crippen LogP contribution in [0.3, 0.4) is 0 Å². The van der Waals surface area contributed by atoms with Crippen molar-refractivity contribution in [2.24, 2.45) is 5.73 Å². The van der Waals surface area contributed by atoms with Crippen LogP contribution in [-0.4, -0.2) is 42.8 Å². The van der Waals surface area contributed by atoms with E-state index in [1.54, 1.807) is 0 Å². The molecule has 3 N–H and O–H groups in total. The summed E-state index contributed by atoms with van der Waals surface area (Å²) in [4.78, 5) is 13.9. The van der Waals surface area contributed by atoms with Crippen molar-refractivity contribution < 1.29 is 9.53 Å². The van der Waals surface area contributed by atoms with Gasteiger partial charge in [0, 0.05) is 30.2 Å². The zero-order chi connectivity index (χ0) is 17.6. The Morgan fingerprint density at radius 3 is 2.52 bits per heavy atom. The number of halogens is 1. The average molecular weight is 342 g/mol. The van der Waals surface area contributed by atoms with Crippen molar-refractivity contribution in [3.63, 3.8) is 0 Å². The molecule has 0 radical (unpaired) electrons. The molecule has 0 bridgehead atoms.